The van der Waals surface area contributed by atoms with Crippen LogP contribution in [-0.2, 0) is 11.3 Å². The van der Waals surface area contributed by atoms with Crippen molar-refractivity contribution in [3.8, 4) is 0 Å². The fraction of sp³-hybridized carbons (Fsp3) is 0.280. The molecule has 2 bridgehead atoms. The van der Waals surface area contributed by atoms with Crippen LogP contribution in [0.2, 0.25) is 0 Å². The van der Waals surface area contributed by atoms with Crippen molar-refractivity contribution in [2.24, 2.45) is 0 Å². The van der Waals surface area contributed by atoms with Crippen LogP contribution in [0.3, 0.4) is 0 Å². The number of thiophene rings is 1. The summed E-state index contributed by atoms with van der Waals surface area (Å²) >= 11 is 1.56. The highest BCUT2D eigenvalue weighted by Gasteiger charge is 2.43. The van der Waals surface area contributed by atoms with Crippen LogP contribution in [0.5, 0.6) is 0 Å². The Morgan fingerprint density at radius 3 is 2.53 bits per heavy atom. The predicted molar refractivity (Wildman–Crippen MR) is 119 cm³/mol. The monoisotopic (exact) mass is 417 g/mol. The molecule has 4 nitrogen and oxygen atoms in total. The van der Waals surface area contributed by atoms with Crippen molar-refractivity contribution in [1.29, 1.82) is 0 Å². The number of ketones is 1. The number of nitrogens with one attached hydrogen (secondary N) is 1. The molecule has 5 rings (SSSR count). The zero-order chi connectivity index (χ0) is 20.7. The van der Waals surface area contributed by atoms with Crippen LogP contribution in [-0.4, -0.2) is 11.9 Å². The van der Waals surface area contributed by atoms with Crippen molar-refractivity contribution < 1.29 is 14.3 Å². The van der Waals surface area contributed by atoms with E-state index in [0.717, 1.165) is 24.0 Å². The summed E-state index contributed by atoms with van der Waals surface area (Å²) in [7, 11) is 0. The van der Waals surface area contributed by atoms with Gasteiger partial charge in [0.05, 0.1) is 5.56 Å². The van der Waals surface area contributed by atoms with Crippen LogP contribution in [0.15, 0.2) is 54.6 Å². The molecule has 0 saturated heterocycles. The van der Waals surface area contributed by atoms with Crippen molar-refractivity contribution >= 4 is 28.2 Å². The SMILES string of the molecule is Cc1ccc(C(=O)c2c(NC(=O)OCc3ccccc3)sc3c2C2CCC3C2)cc1. The molecule has 5 heteroatoms. The summed E-state index contributed by atoms with van der Waals surface area (Å²) in [5.41, 5.74) is 4.53. The Bertz CT molecular complexity index is 1100. The summed E-state index contributed by atoms with van der Waals surface area (Å²) < 4.78 is 5.40. The van der Waals surface area contributed by atoms with E-state index in [1.165, 1.54) is 16.9 Å². The lowest BCUT2D eigenvalue weighted by Crippen LogP contribution is -2.16. The molecule has 30 heavy (non-hydrogen) atoms. The fourth-order valence-electron chi connectivity index (χ4n) is 4.67. The lowest BCUT2D eigenvalue weighted by Gasteiger charge is -2.13. The quantitative estimate of drug-likeness (QED) is 0.489. The maximum atomic E-state index is 13.5. The minimum absolute atomic E-state index is 0.0154. The highest BCUT2D eigenvalue weighted by atomic mass is 32.1. The maximum absolute atomic E-state index is 13.5. The number of benzene rings is 2. The molecule has 0 aliphatic heterocycles. The first kappa shape index (κ1) is 19.1. The minimum Gasteiger partial charge on any atom is -0.444 e. The van der Waals surface area contributed by atoms with E-state index in [1.807, 2.05) is 61.5 Å². The van der Waals surface area contributed by atoms with E-state index < -0.39 is 6.09 Å². The molecular weight excluding hydrogens is 394 g/mol. The third kappa shape index (κ3) is 3.43. The molecule has 1 amide bonds. The second-order valence-corrected chi connectivity index (χ2v) is 9.23. The first-order valence-electron chi connectivity index (χ1n) is 10.4. The van der Waals surface area contributed by atoms with Gasteiger partial charge in [0.25, 0.3) is 0 Å². The Morgan fingerprint density at radius 2 is 1.77 bits per heavy atom. The number of carbonyl (C=O) groups is 2. The van der Waals surface area contributed by atoms with Gasteiger partial charge in [-0.2, -0.15) is 0 Å². The number of rotatable bonds is 5. The van der Waals surface area contributed by atoms with Crippen LogP contribution in [0.1, 0.15) is 68.6 Å². The van der Waals surface area contributed by atoms with Crippen molar-refractivity contribution in [3.63, 3.8) is 0 Å². The van der Waals surface area contributed by atoms with Gasteiger partial charge >= 0.3 is 6.09 Å². The number of anilines is 1. The van der Waals surface area contributed by atoms with E-state index in [9.17, 15) is 9.59 Å². The van der Waals surface area contributed by atoms with Gasteiger partial charge in [-0.15, -0.1) is 11.3 Å². The topological polar surface area (TPSA) is 55.4 Å². The smallest absolute Gasteiger partial charge is 0.412 e. The second kappa shape index (κ2) is 7.73. The van der Waals surface area contributed by atoms with Crippen molar-refractivity contribution in [1.82, 2.24) is 0 Å². The zero-order valence-electron chi connectivity index (χ0n) is 16.8. The van der Waals surface area contributed by atoms with Gasteiger partial charge in [-0.05, 0) is 49.1 Å². The predicted octanol–water partition coefficient (Wildman–Crippen LogP) is 6.40. The number of aryl methyl sites for hydroxylation is 1. The summed E-state index contributed by atoms with van der Waals surface area (Å²) in [6.45, 7) is 2.20. The number of amides is 1. The number of hydrogen-bond donors (Lipinski definition) is 1. The third-order valence-corrected chi connectivity index (χ3v) is 7.44. The lowest BCUT2D eigenvalue weighted by atomic mass is 9.91. The molecule has 2 aliphatic rings. The Kier molecular flexibility index (Phi) is 4.91. The van der Waals surface area contributed by atoms with Gasteiger partial charge in [0, 0.05) is 10.4 Å². The zero-order valence-corrected chi connectivity index (χ0v) is 17.6. The molecule has 1 heterocycles. The number of fused-ring (bicyclic) bond motifs is 5. The van der Waals surface area contributed by atoms with E-state index in [4.69, 9.17) is 4.74 Å². The Hall–Kier alpha value is -2.92. The van der Waals surface area contributed by atoms with Crippen LogP contribution >= 0.6 is 11.3 Å². The molecule has 152 valence electrons. The van der Waals surface area contributed by atoms with Gasteiger partial charge < -0.3 is 4.74 Å². The van der Waals surface area contributed by atoms with Gasteiger partial charge in [0.1, 0.15) is 11.6 Å². The largest absolute Gasteiger partial charge is 0.444 e. The maximum Gasteiger partial charge on any atom is 0.412 e. The molecule has 1 fully saturated rings. The highest BCUT2D eigenvalue weighted by Crippen LogP contribution is 2.59. The molecule has 0 spiro atoms. The summed E-state index contributed by atoms with van der Waals surface area (Å²) in [5.74, 6) is 0.940. The summed E-state index contributed by atoms with van der Waals surface area (Å²) in [6.07, 6.45) is 2.91. The molecule has 3 aromatic rings. The molecule has 2 aliphatic carbocycles. The summed E-state index contributed by atoms with van der Waals surface area (Å²) in [4.78, 5) is 27.2. The molecule has 1 aromatic heterocycles. The van der Waals surface area contributed by atoms with Crippen LogP contribution in [0, 0.1) is 6.92 Å². The summed E-state index contributed by atoms with van der Waals surface area (Å²) in [6, 6.07) is 17.2. The van der Waals surface area contributed by atoms with Crippen LogP contribution < -0.4 is 5.32 Å². The first-order valence-corrected chi connectivity index (χ1v) is 11.2. The lowest BCUT2D eigenvalue weighted by molar-refractivity contribution is 0.103. The number of ether oxygens (including phenoxy) is 1. The minimum atomic E-state index is -0.524. The summed E-state index contributed by atoms with van der Waals surface area (Å²) in [5, 5.41) is 3.50. The molecule has 2 unspecified atom stereocenters. The van der Waals surface area contributed by atoms with Gasteiger partial charge in [0.2, 0.25) is 0 Å². The molecule has 1 saturated carbocycles. The van der Waals surface area contributed by atoms with E-state index in [0.29, 0.717) is 28.0 Å². The van der Waals surface area contributed by atoms with Gasteiger partial charge in [-0.25, -0.2) is 4.79 Å². The Balaban J connectivity index is 1.43. The van der Waals surface area contributed by atoms with E-state index in [-0.39, 0.29) is 12.4 Å². The van der Waals surface area contributed by atoms with E-state index in [2.05, 4.69) is 5.32 Å². The van der Waals surface area contributed by atoms with Crippen LogP contribution in [0.25, 0.3) is 0 Å². The molecule has 1 N–H and O–H groups in total. The standard InChI is InChI=1S/C25H23NO3S/c1-15-7-9-17(10-8-15)22(27)21-20-18-11-12-19(13-18)23(20)30-24(21)26-25(28)29-14-16-5-3-2-4-6-16/h2-10,18-19H,11-14H2,1H3,(H,26,28). The highest BCUT2D eigenvalue weighted by molar-refractivity contribution is 7.17. The molecular formula is C25H23NO3S. The van der Waals surface area contributed by atoms with Crippen molar-refractivity contribution in [2.45, 2.75) is 44.6 Å². The van der Waals surface area contributed by atoms with Gasteiger partial charge in [-0.3, -0.25) is 10.1 Å². The molecule has 2 aromatic carbocycles. The van der Waals surface area contributed by atoms with Crippen LogP contribution in [0.4, 0.5) is 9.80 Å². The Morgan fingerprint density at radius 1 is 1.03 bits per heavy atom. The van der Waals surface area contributed by atoms with Gasteiger partial charge in [-0.1, -0.05) is 60.2 Å². The van der Waals surface area contributed by atoms with E-state index in [1.54, 1.807) is 11.3 Å². The van der Waals surface area contributed by atoms with Crippen molar-refractivity contribution in [2.75, 3.05) is 5.32 Å². The average molecular weight is 418 g/mol. The van der Waals surface area contributed by atoms with Crippen molar-refractivity contribution in [3.05, 3.63) is 87.3 Å². The normalized spacial score (nSPS) is 18.8. The Labute approximate surface area is 179 Å². The fourth-order valence-corrected chi connectivity index (χ4v) is 6.08. The number of hydrogen-bond acceptors (Lipinski definition) is 4. The second-order valence-electron chi connectivity index (χ2n) is 8.17. The molecule has 2 atom stereocenters. The van der Waals surface area contributed by atoms with Gasteiger partial charge in [0.15, 0.2) is 5.78 Å². The third-order valence-electron chi connectivity index (χ3n) is 6.15. The molecule has 0 radical (unpaired) electrons. The first-order chi connectivity index (χ1) is 14.6. The van der Waals surface area contributed by atoms with E-state index >= 15 is 0 Å². The average Bonchev–Trinajstić information content (AvgIpc) is 3.46. The number of carbonyl (C=O) groups excluding carboxylic acids is 2.